The minimum atomic E-state index is 0.692. The number of hydrogen-bond acceptors (Lipinski definition) is 2. The molecule has 0 aliphatic heterocycles. The minimum absolute atomic E-state index is 0.692. The number of nitrogens with one attached hydrogen (secondary N) is 2. The Labute approximate surface area is 120 Å². The molecule has 0 spiro atoms. The fourth-order valence-electron chi connectivity index (χ4n) is 3.75. The van der Waals surface area contributed by atoms with Crippen molar-refractivity contribution in [2.75, 3.05) is 13.1 Å². The molecule has 3 unspecified atom stereocenters. The summed E-state index contributed by atoms with van der Waals surface area (Å²) in [5, 5.41) is 7.53. The van der Waals surface area contributed by atoms with Gasteiger partial charge in [-0.25, -0.2) is 0 Å². The molecule has 112 valence electrons. The van der Waals surface area contributed by atoms with Gasteiger partial charge in [-0.3, -0.25) is 0 Å². The smallest absolute Gasteiger partial charge is 0.00671 e. The molecule has 0 aromatic carbocycles. The molecule has 2 fully saturated rings. The fourth-order valence-corrected chi connectivity index (χ4v) is 3.75. The number of hydrogen-bond donors (Lipinski definition) is 2. The van der Waals surface area contributed by atoms with Crippen molar-refractivity contribution >= 4 is 0 Å². The summed E-state index contributed by atoms with van der Waals surface area (Å²) < 4.78 is 0. The lowest BCUT2D eigenvalue weighted by Crippen LogP contribution is -2.36. The van der Waals surface area contributed by atoms with Crippen molar-refractivity contribution in [2.45, 2.75) is 83.7 Å². The maximum absolute atomic E-state index is 3.83. The minimum Gasteiger partial charge on any atom is -0.314 e. The third-order valence-corrected chi connectivity index (χ3v) is 5.31. The van der Waals surface area contributed by atoms with Crippen LogP contribution in [0.3, 0.4) is 0 Å². The fraction of sp³-hybridized carbons (Fsp3) is 1.00. The Morgan fingerprint density at radius 2 is 1.63 bits per heavy atom. The normalized spacial score (nSPS) is 30.6. The first-order valence-corrected chi connectivity index (χ1v) is 8.74. The van der Waals surface area contributed by atoms with Gasteiger partial charge in [-0.1, -0.05) is 26.2 Å². The zero-order valence-electron chi connectivity index (χ0n) is 13.1. The highest BCUT2D eigenvalue weighted by molar-refractivity contribution is 4.80. The van der Waals surface area contributed by atoms with Gasteiger partial charge >= 0.3 is 0 Å². The van der Waals surface area contributed by atoms with Crippen LogP contribution >= 0.6 is 0 Å². The zero-order chi connectivity index (χ0) is 13.5. The van der Waals surface area contributed by atoms with Crippen molar-refractivity contribution in [3.05, 3.63) is 0 Å². The van der Waals surface area contributed by atoms with Gasteiger partial charge in [-0.2, -0.15) is 0 Å². The van der Waals surface area contributed by atoms with Crippen molar-refractivity contribution in [1.29, 1.82) is 0 Å². The van der Waals surface area contributed by atoms with Crippen LogP contribution in [0.25, 0.3) is 0 Å². The second-order valence-corrected chi connectivity index (χ2v) is 7.01. The van der Waals surface area contributed by atoms with Gasteiger partial charge in [0, 0.05) is 12.1 Å². The van der Waals surface area contributed by atoms with Crippen molar-refractivity contribution in [1.82, 2.24) is 10.6 Å². The monoisotopic (exact) mass is 266 g/mol. The van der Waals surface area contributed by atoms with Gasteiger partial charge < -0.3 is 10.6 Å². The summed E-state index contributed by atoms with van der Waals surface area (Å²) in [5.41, 5.74) is 0. The van der Waals surface area contributed by atoms with Gasteiger partial charge in [0.25, 0.3) is 0 Å². The van der Waals surface area contributed by atoms with E-state index in [9.17, 15) is 0 Å². The van der Waals surface area contributed by atoms with Crippen molar-refractivity contribution in [3.8, 4) is 0 Å². The van der Waals surface area contributed by atoms with Crippen LogP contribution < -0.4 is 10.6 Å². The Morgan fingerprint density at radius 1 is 0.947 bits per heavy atom. The molecule has 0 heterocycles. The molecule has 0 bridgehead atoms. The molecule has 2 heteroatoms. The molecule has 2 nitrogen and oxygen atoms in total. The van der Waals surface area contributed by atoms with Crippen LogP contribution in [0.5, 0.6) is 0 Å². The third-order valence-electron chi connectivity index (χ3n) is 5.31. The van der Waals surface area contributed by atoms with Gasteiger partial charge in [0.05, 0.1) is 0 Å². The molecule has 2 aliphatic rings. The molecule has 0 radical (unpaired) electrons. The molecular weight excluding hydrogens is 232 g/mol. The first-order chi connectivity index (χ1) is 9.28. The van der Waals surface area contributed by atoms with Gasteiger partial charge in [0.15, 0.2) is 0 Å². The lowest BCUT2D eigenvalue weighted by Gasteiger charge is -2.31. The second-order valence-electron chi connectivity index (χ2n) is 7.01. The van der Waals surface area contributed by atoms with Crippen LogP contribution in [0.2, 0.25) is 0 Å². The molecule has 2 rings (SSSR count). The lowest BCUT2D eigenvalue weighted by molar-refractivity contribution is 0.242. The van der Waals surface area contributed by atoms with Crippen molar-refractivity contribution in [3.63, 3.8) is 0 Å². The summed E-state index contributed by atoms with van der Waals surface area (Å²) in [5.74, 6) is 1.87. The summed E-state index contributed by atoms with van der Waals surface area (Å²) in [6, 6.07) is 1.54. The summed E-state index contributed by atoms with van der Waals surface area (Å²) in [6.07, 6.45) is 12.8. The van der Waals surface area contributed by atoms with E-state index in [0.717, 1.165) is 17.9 Å². The Bertz CT molecular complexity index is 235. The molecule has 3 atom stereocenters. The first-order valence-electron chi connectivity index (χ1n) is 8.74. The van der Waals surface area contributed by atoms with Crippen molar-refractivity contribution in [2.24, 2.45) is 11.8 Å². The topological polar surface area (TPSA) is 24.1 Å². The van der Waals surface area contributed by atoms with E-state index in [1.54, 1.807) is 0 Å². The molecular formula is C17H34N2. The summed E-state index contributed by atoms with van der Waals surface area (Å²) in [6.45, 7) is 7.11. The molecule has 0 aromatic heterocycles. The SMILES string of the molecule is CCC(C)NCC1CCCC(CNC2CCCC2)C1. The maximum atomic E-state index is 3.83. The highest BCUT2D eigenvalue weighted by Gasteiger charge is 2.23. The Morgan fingerprint density at radius 3 is 2.32 bits per heavy atom. The Kier molecular flexibility index (Phi) is 6.66. The van der Waals surface area contributed by atoms with E-state index in [4.69, 9.17) is 0 Å². The van der Waals surface area contributed by atoms with E-state index in [1.807, 2.05) is 0 Å². The predicted molar refractivity (Wildman–Crippen MR) is 83.5 cm³/mol. The van der Waals surface area contributed by atoms with E-state index >= 15 is 0 Å². The molecule has 2 N–H and O–H groups in total. The zero-order valence-corrected chi connectivity index (χ0v) is 13.1. The summed E-state index contributed by atoms with van der Waals surface area (Å²) >= 11 is 0. The highest BCUT2D eigenvalue weighted by Crippen LogP contribution is 2.29. The van der Waals surface area contributed by atoms with E-state index < -0.39 is 0 Å². The van der Waals surface area contributed by atoms with Crippen LogP contribution in [0, 0.1) is 11.8 Å². The summed E-state index contributed by atoms with van der Waals surface area (Å²) in [4.78, 5) is 0. The van der Waals surface area contributed by atoms with Crippen LogP contribution in [0.15, 0.2) is 0 Å². The van der Waals surface area contributed by atoms with Crippen LogP contribution in [0.4, 0.5) is 0 Å². The predicted octanol–water partition coefficient (Wildman–Crippen LogP) is 3.71. The maximum Gasteiger partial charge on any atom is 0.00671 e. The lowest BCUT2D eigenvalue weighted by atomic mass is 9.81. The van der Waals surface area contributed by atoms with Gasteiger partial charge in [0.1, 0.15) is 0 Å². The van der Waals surface area contributed by atoms with E-state index in [0.29, 0.717) is 6.04 Å². The largest absolute Gasteiger partial charge is 0.314 e. The average Bonchev–Trinajstić information content (AvgIpc) is 2.96. The Hall–Kier alpha value is -0.0800. The summed E-state index contributed by atoms with van der Waals surface area (Å²) in [7, 11) is 0. The van der Waals surface area contributed by atoms with Crippen LogP contribution in [0.1, 0.15) is 71.6 Å². The molecule has 0 amide bonds. The quantitative estimate of drug-likeness (QED) is 0.734. The Balaban J connectivity index is 1.62. The number of rotatable bonds is 7. The molecule has 19 heavy (non-hydrogen) atoms. The standard InChI is InChI=1S/C17H34N2/c1-3-14(2)18-12-15-7-6-8-16(11-15)13-19-17-9-4-5-10-17/h14-19H,3-13H2,1-2H3. The third kappa shape index (κ3) is 5.43. The van der Waals surface area contributed by atoms with Gasteiger partial charge in [0.2, 0.25) is 0 Å². The average molecular weight is 266 g/mol. The van der Waals surface area contributed by atoms with Crippen LogP contribution in [-0.4, -0.2) is 25.2 Å². The van der Waals surface area contributed by atoms with E-state index in [2.05, 4.69) is 24.5 Å². The molecule has 2 aliphatic carbocycles. The highest BCUT2D eigenvalue weighted by atomic mass is 14.9. The van der Waals surface area contributed by atoms with Gasteiger partial charge in [-0.15, -0.1) is 0 Å². The van der Waals surface area contributed by atoms with Gasteiger partial charge in [-0.05, 0) is 70.4 Å². The van der Waals surface area contributed by atoms with E-state index in [1.165, 1.54) is 70.9 Å². The molecule has 2 saturated carbocycles. The first kappa shape index (κ1) is 15.3. The van der Waals surface area contributed by atoms with E-state index in [-0.39, 0.29) is 0 Å². The molecule has 0 aromatic rings. The van der Waals surface area contributed by atoms with Crippen molar-refractivity contribution < 1.29 is 0 Å². The van der Waals surface area contributed by atoms with Crippen LogP contribution in [-0.2, 0) is 0 Å². The second kappa shape index (κ2) is 8.26. The molecule has 0 saturated heterocycles.